The van der Waals surface area contributed by atoms with Crippen molar-refractivity contribution in [1.29, 1.82) is 0 Å². The first-order valence-electron chi connectivity index (χ1n) is 11.8. The van der Waals surface area contributed by atoms with E-state index in [1.54, 1.807) is 6.07 Å². The van der Waals surface area contributed by atoms with Crippen LogP contribution in [-0.2, 0) is 0 Å². The Morgan fingerprint density at radius 2 is 1.63 bits per heavy atom. The molecule has 2 amide bonds. The lowest BCUT2D eigenvalue weighted by Crippen LogP contribution is -2.49. The highest BCUT2D eigenvalue weighted by Crippen LogP contribution is 2.26. The van der Waals surface area contributed by atoms with Crippen LogP contribution in [0.1, 0.15) is 37.5 Å². The van der Waals surface area contributed by atoms with Crippen LogP contribution in [0.2, 0.25) is 0 Å². The second-order valence-electron chi connectivity index (χ2n) is 9.08. The number of hydrogen-bond acceptors (Lipinski definition) is 5. The molecule has 4 aromatic rings. The van der Waals surface area contributed by atoms with Crippen LogP contribution in [-0.4, -0.2) is 47.3 Å². The van der Waals surface area contributed by atoms with Crippen LogP contribution in [0, 0.1) is 20.8 Å². The second kappa shape index (κ2) is 9.50. The summed E-state index contributed by atoms with van der Waals surface area (Å²) in [7, 11) is 0. The van der Waals surface area contributed by atoms with Gasteiger partial charge in [-0.05, 0) is 73.3 Å². The molecule has 1 aliphatic rings. The van der Waals surface area contributed by atoms with E-state index in [1.165, 1.54) is 28.3 Å². The number of aryl methyl sites for hydroxylation is 3. The van der Waals surface area contributed by atoms with Crippen LogP contribution in [0.4, 0.5) is 11.4 Å². The Hall–Kier alpha value is -3.71. The molecule has 0 aliphatic carbocycles. The van der Waals surface area contributed by atoms with Gasteiger partial charge in [0, 0.05) is 48.5 Å². The Labute approximate surface area is 209 Å². The van der Waals surface area contributed by atoms with E-state index in [0.29, 0.717) is 30.0 Å². The van der Waals surface area contributed by atoms with E-state index in [1.807, 2.05) is 48.2 Å². The van der Waals surface area contributed by atoms with Gasteiger partial charge in [0.1, 0.15) is 5.69 Å². The molecule has 2 heterocycles. The number of carbonyl (C=O) groups excluding carboxylic acids is 2. The monoisotopic (exact) mass is 484 g/mol. The standard InChI is InChI=1S/C28H28N4O2S/c1-18-8-9-20(3)24(16-18)31-12-14-32(15-13-31)28(34)21-11-10-19(2)23(17-21)29-27(33)26-22-6-4-5-7-25(22)35-30-26/h4-11,16-17H,12-15H2,1-3H3,(H,29,33). The topological polar surface area (TPSA) is 65.5 Å². The van der Waals surface area contributed by atoms with Gasteiger partial charge in [-0.3, -0.25) is 9.59 Å². The third-order valence-corrected chi connectivity index (χ3v) is 7.42. The maximum atomic E-state index is 13.3. The molecule has 5 rings (SSSR count). The number of nitrogens with one attached hydrogen (secondary N) is 1. The van der Waals surface area contributed by atoms with Crippen LogP contribution >= 0.6 is 11.5 Å². The first-order chi connectivity index (χ1) is 16.9. The third kappa shape index (κ3) is 4.64. The van der Waals surface area contributed by atoms with E-state index in [4.69, 9.17) is 0 Å². The molecule has 3 aromatic carbocycles. The molecule has 0 saturated carbocycles. The van der Waals surface area contributed by atoms with Gasteiger partial charge in [0.15, 0.2) is 0 Å². The summed E-state index contributed by atoms with van der Waals surface area (Å²) in [5.74, 6) is -0.280. The van der Waals surface area contributed by atoms with Crippen LogP contribution in [0.5, 0.6) is 0 Å². The quantitative estimate of drug-likeness (QED) is 0.419. The summed E-state index contributed by atoms with van der Waals surface area (Å²) in [5, 5.41) is 3.80. The largest absolute Gasteiger partial charge is 0.368 e. The maximum Gasteiger partial charge on any atom is 0.276 e. The molecule has 1 aliphatic heterocycles. The fraction of sp³-hybridized carbons (Fsp3) is 0.250. The Balaban J connectivity index is 1.29. The fourth-order valence-electron chi connectivity index (χ4n) is 4.51. The summed E-state index contributed by atoms with van der Waals surface area (Å²) >= 11 is 1.31. The van der Waals surface area contributed by atoms with Gasteiger partial charge >= 0.3 is 0 Å². The second-order valence-corrected chi connectivity index (χ2v) is 9.89. The van der Waals surface area contributed by atoms with Crippen LogP contribution < -0.4 is 10.2 Å². The lowest BCUT2D eigenvalue weighted by atomic mass is 10.1. The maximum absolute atomic E-state index is 13.3. The highest BCUT2D eigenvalue weighted by molar-refractivity contribution is 7.13. The van der Waals surface area contributed by atoms with Crippen molar-refractivity contribution in [1.82, 2.24) is 9.27 Å². The van der Waals surface area contributed by atoms with Crippen molar-refractivity contribution in [3.63, 3.8) is 0 Å². The smallest absolute Gasteiger partial charge is 0.276 e. The lowest BCUT2D eigenvalue weighted by molar-refractivity contribution is 0.0746. The first kappa shape index (κ1) is 23.1. The summed E-state index contributed by atoms with van der Waals surface area (Å²) in [5.41, 5.74) is 6.25. The van der Waals surface area contributed by atoms with Crippen LogP contribution in [0.15, 0.2) is 60.7 Å². The molecule has 6 nitrogen and oxygen atoms in total. The zero-order valence-corrected chi connectivity index (χ0v) is 21.0. The Kier molecular flexibility index (Phi) is 6.26. The molecule has 7 heteroatoms. The molecule has 1 aromatic heterocycles. The number of nitrogens with zero attached hydrogens (tertiary/aromatic N) is 3. The third-order valence-electron chi connectivity index (χ3n) is 6.60. The Morgan fingerprint density at radius 1 is 0.886 bits per heavy atom. The SMILES string of the molecule is Cc1ccc(C)c(N2CCN(C(=O)c3ccc(C)c(NC(=O)c4nsc5ccccc45)c3)CC2)c1. The van der Waals surface area contributed by atoms with Crippen molar-refractivity contribution in [2.45, 2.75) is 20.8 Å². The average Bonchev–Trinajstić information content (AvgIpc) is 3.31. The van der Waals surface area contributed by atoms with Crippen molar-refractivity contribution >= 4 is 44.8 Å². The number of benzene rings is 3. The minimum Gasteiger partial charge on any atom is -0.368 e. The summed E-state index contributed by atoms with van der Waals surface area (Å²) in [4.78, 5) is 30.5. The van der Waals surface area contributed by atoms with Gasteiger partial charge < -0.3 is 15.1 Å². The van der Waals surface area contributed by atoms with Crippen molar-refractivity contribution in [3.05, 3.63) is 88.6 Å². The fourth-order valence-corrected chi connectivity index (χ4v) is 5.29. The summed E-state index contributed by atoms with van der Waals surface area (Å²) < 4.78 is 5.32. The van der Waals surface area contributed by atoms with E-state index in [2.05, 4.69) is 46.6 Å². The predicted octanol–water partition coefficient (Wildman–Crippen LogP) is 5.44. The Morgan fingerprint density at radius 3 is 2.43 bits per heavy atom. The van der Waals surface area contributed by atoms with E-state index in [0.717, 1.165) is 28.7 Å². The highest BCUT2D eigenvalue weighted by Gasteiger charge is 2.24. The molecule has 1 saturated heterocycles. The molecular formula is C28H28N4O2S. The van der Waals surface area contributed by atoms with Crippen molar-refractivity contribution in [2.24, 2.45) is 0 Å². The molecule has 0 bridgehead atoms. The summed E-state index contributed by atoms with van der Waals surface area (Å²) in [6, 6.07) is 19.7. The number of hydrogen-bond donors (Lipinski definition) is 1. The molecular weight excluding hydrogens is 456 g/mol. The Bertz CT molecular complexity index is 1420. The van der Waals surface area contributed by atoms with E-state index in [9.17, 15) is 9.59 Å². The molecule has 35 heavy (non-hydrogen) atoms. The lowest BCUT2D eigenvalue weighted by Gasteiger charge is -2.37. The van der Waals surface area contributed by atoms with E-state index >= 15 is 0 Å². The number of fused-ring (bicyclic) bond motifs is 1. The van der Waals surface area contributed by atoms with Crippen molar-refractivity contribution in [2.75, 3.05) is 36.4 Å². The van der Waals surface area contributed by atoms with Crippen molar-refractivity contribution in [3.8, 4) is 0 Å². The van der Waals surface area contributed by atoms with E-state index < -0.39 is 0 Å². The highest BCUT2D eigenvalue weighted by atomic mass is 32.1. The van der Waals surface area contributed by atoms with E-state index in [-0.39, 0.29) is 11.8 Å². The molecule has 1 N–H and O–H groups in total. The number of amides is 2. The van der Waals surface area contributed by atoms with Gasteiger partial charge in [-0.15, -0.1) is 0 Å². The zero-order chi connectivity index (χ0) is 24.5. The van der Waals surface area contributed by atoms with Crippen molar-refractivity contribution < 1.29 is 9.59 Å². The van der Waals surface area contributed by atoms with Crippen LogP contribution in [0.25, 0.3) is 10.1 Å². The minimum atomic E-state index is -0.266. The normalized spacial score (nSPS) is 13.8. The number of carbonyl (C=O) groups is 2. The summed E-state index contributed by atoms with van der Waals surface area (Å²) in [6.45, 7) is 9.06. The van der Waals surface area contributed by atoms with Gasteiger partial charge in [0.2, 0.25) is 0 Å². The predicted molar refractivity (Wildman–Crippen MR) is 143 cm³/mol. The molecule has 0 unspecified atom stereocenters. The number of aromatic nitrogens is 1. The molecule has 178 valence electrons. The molecule has 0 radical (unpaired) electrons. The number of piperazine rings is 1. The average molecular weight is 485 g/mol. The number of rotatable bonds is 4. The van der Waals surface area contributed by atoms with Gasteiger partial charge in [-0.25, -0.2) is 0 Å². The molecule has 0 spiro atoms. The summed E-state index contributed by atoms with van der Waals surface area (Å²) in [6.07, 6.45) is 0. The van der Waals surface area contributed by atoms with Gasteiger partial charge in [0.25, 0.3) is 11.8 Å². The molecule has 1 fully saturated rings. The zero-order valence-electron chi connectivity index (χ0n) is 20.2. The van der Waals surface area contributed by atoms with Crippen LogP contribution in [0.3, 0.4) is 0 Å². The van der Waals surface area contributed by atoms with Gasteiger partial charge in [0.05, 0.1) is 4.70 Å². The first-order valence-corrected chi connectivity index (χ1v) is 12.6. The van der Waals surface area contributed by atoms with Gasteiger partial charge in [-0.1, -0.05) is 36.4 Å². The number of anilines is 2. The van der Waals surface area contributed by atoms with Gasteiger partial charge in [-0.2, -0.15) is 4.37 Å². The minimum absolute atomic E-state index is 0.0137. The molecule has 0 atom stereocenters.